The van der Waals surface area contributed by atoms with Crippen molar-refractivity contribution >= 4 is 0 Å². The lowest BCUT2D eigenvalue weighted by molar-refractivity contribution is 0.231. The number of hydrogen-bond donors (Lipinski definition) is 1. The molecule has 0 aliphatic heterocycles. The molecule has 0 spiro atoms. The molecule has 0 aromatic rings. The van der Waals surface area contributed by atoms with Gasteiger partial charge in [-0.25, -0.2) is 0 Å². The van der Waals surface area contributed by atoms with Gasteiger partial charge in [0.25, 0.3) is 0 Å². The zero-order valence-electron chi connectivity index (χ0n) is 9.00. The van der Waals surface area contributed by atoms with Gasteiger partial charge < -0.3 is 5.73 Å². The lowest BCUT2D eigenvalue weighted by atomic mass is 9.78. The van der Waals surface area contributed by atoms with Crippen LogP contribution in [-0.2, 0) is 0 Å². The molecule has 13 heavy (non-hydrogen) atoms. The van der Waals surface area contributed by atoms with Crippen molar-refractivity contribution in [1.29, 1.82) is 0 Å². The van der Waals surface area contributed by atoms with E-state index in [1.807, 2.05) is 0 Å². The molecule has 0 heterocycles. The van der Waals surface area contributed by atoms with Crippen molar-refractivity contribution in [3.8, 4) is 0 Å². The van der Waals surface area contributed by atoms with Gasteiger partial charge in [-0.2, -0.15) is 0 Å². The normalized spacial score (nSPS) is 42.2. The van der Waals surface area contributed by atoms with Crippen LogP contribution in [0.3, 0.4) is 0 Å². The van der Waals surface area contributed by atoms with E-state index in [9.17, 15) is 0 Å². The number of fused-ring (bicyclic) bond motifs is 2. The summed E-state index contributed by atoms with van der Waals surface area (Å²) < 4.78 is 0. The molecule has 76 valence electrons. The molecule has 2 saturated carbocycles. The highest BCUT2D eigenvalue weighted by Crippen LogP contribution is 2.50. The Hall–Kier alpha value is -0.0400. The second-order valence-corrected chi connectivity index (χ2v) is 5.30. The van der Waals surface area contributed by atoms with Crippen LogP contribution in [0.25, 0.3) is 0 Å². The van der Waals surface area contributed by atoms with Crippen molar-refractivity contribution in [3.05, 3.63) is 0 Å². The fraction of sp³-hybridized carbons (Fsp3) is 1.00. The van der Waals surface area contributed by atoms with Gasteiger partial charge in [0.1, 0.15) is 0 Å². The number of hydrogen-bond acceptors (Lipinski definition) is 1. The quantitative estimate of drug-likeness (QED) is 0.712. The molecular weight excluding hydrogens is 158 g/mol. The summed E-state index contributed by atoms with van der Waals surface area (Å²) in [6.07, 6.45) is 7.15. The Bertz CT molecular complexity index is 178. The van der Waals surface area contributed by atoms with Gasteiger partial charge in [0.15, 0.2) is 0 Å². The topological polar surface area (TPSA) is 26.0 Å². The molecule has 0 amide bonds. The van der Waals surface area contributed by atoms with Crippen LogP contribution in [0.5, 0.6) is 0 Å². The van der Waals surface area contributed by atoms with Gasteiger partial charge >= 0.3 is 0 Å². The van der Waals surface area contributed by atoms with Gasteiger partial charge in [0.05, 0.1) is 0 Å². The van der Waals surface area contributed by atoms with E-state index in [2.05, 4.69) is 13.8 Å². The van der Waals surface area contributed by atoms with Gasteiger partial charge in [0.2, 0.25) is 0 Å². The molecule has 0 saturated heterocycles. The molecule has 2 aliphatic rings. The smallest absolute Gasteiger partial charge is 0.00956 e. The second-order valence-electron chi connectivity index (χ2n) is 5.30. The first-order valence-electron chi connectivity index (χ1n) is 5.98. The summed E-state index contributed by atoms with van der Waals surface area (Å²) in [7, 11) is 0. The first kappa shape index (κ1) is 9.51. The van der Waals surface area contributed by atoms with E-state index in [1.54, 1.807) is 0 Å². The summed E-state index contributed by atoms with van der Waals surface area (Å²) in [6.45, 7) is 4.58. The third-order valence-corrected chi connectivity index (χ3v) is 4.59. The van der Waals surface area contributed by atoms with Crippen LogP contribution < -0.4 is 5.73 Å². The molecule has 2 rings (SSSR count). The molecule has 0 radical (unpaired) electrons. The van der Waals surface area contributed by atoms with E-state index < -0.39 is 0 Å². The third kappa shape index (κ3) is 1.63. The third-order valence-electron chi connectivity index (χ3n) is 4.59. The van der Waals surface area contributed by atoms with Gasteiger partial charge in [-0.1, -0.05) is 26.7 Å². The second kappa shape index (κ2) is 3.61. The van der Waals surface area contributed by atoms with Gasteiger partial charge in [-0.15, -0.1) is 0 Å². The Morgan fingerprint density at radius 3 is 2.54 bits per heavy atom. The van der Waals surface area contributed by atoms with Crippen LogP contribution in [0.15, 0.2) is 0 Å². The van der Waals surface area contributed by atoms with Crippen molar-refractivity contribution in [1.82, 2.24) is 0 Å². The van der Waals surface area contributed by atoms with Crippen molar-refractivity contribution in [2.45, 2.75) is 52.0 Å². The SMILES string of the molecule is CCC(C)C(N)C1CC2CCC1C2. The monoisotopic (exact) mass is 181 g/mol. The number of nitrogens with two attached hydrogens (primary N) is 1. The molecule has 2 fully saturated rings. The van der Waals surface area contributed by atoms with Crippen LogP contribution in [0, 0.1) is 23.7 Å². The molecule has 0 aromatic carbocycles. The lowest BCUT2D eigenvalue weighted by Gasteiger charge is -2.31. The standard InChI is InChI=1S/C12H23N/c1-3-8(2)12(13)11-7-9-4-5-10(11)6-9/h8-12H,3-7,13H2,1-2H3. The highest BCUT2D eigenvalue weighted by molar-refractivity contribution is 4.95. The molecule has 1 heteroatoms. The van der Waals surface area contributed by atoms with Crippen LogP contribution >= 0.6 is 0 Å². The largest absolute Gasteiger partial charge is 0.327 e. The maximum Gasteiger partial charge on any atom is 0.00956 e. The Kier molecular flexibility index (Phi) is 2.64. The van der Waals surface area contributed by atoms with Gasteiger partial charge in [-0.05, 0) is 42.9 Å². The molecular formula is C12H23N. The maximum atomic E-state index is 6.32. The molecule has 1 nitrogen and oxygen atoms in total. The minimum atomic E-state index is 0.486. The van der Waals surface area contributed by atoms with Crippen molar-refractivity contribution in [2.24, 2.45) is 29.4 Å². The highest BCUT2D eigenvalue weighted by atomic mass is 14.7. The Labute approximate surface area is 82.1 Å². The molecule has 2 bridgehead atoms. The predicted octanol–water partition coefficient (Wildman–Crippen LogP) is 2.80. The molecule has 2 N–H and O–H groups in total. The van der Waals surface area contributed by atoms with E-state index in [1.165, 1.54) is 32.1 Å². The van der Waals surface area contributed by atoms with Crippen molar-refractivity contribution in [2.75, 3.05) is 0 Å². The van der Waals surface area contributed by atoms with E-state index in [4.69, 9.17) is 5.73 Å². The molecule has 2 aliphatic carbocycles. The molecule has 5 atom stereocenters. The number of rotatable bonds is 3. The summed E-state index contributed by atoms with van der Waals surface area (Å²) in [5.41, 5.74) is 6.32. The minimum absolute atomic E-state index is 0.486. The Morgan fingerprint density at radius 1 is 1.31 bits per heavy atom. The minimum Gasteiger partial charge on any atom is -0.327 e. The fourth-order valence-electron chi connectivity index (χ4n) is 3.46. The average Bonchev–Trinajstić information content (AvgIpc) is 2.76. The van der Waals surface area contributed by atoms with E-state index in [-0.39, 0.29) is 0 Å². The van der Waals surface area contributed by atoms with Crippen LogP contribution in [0.2, 0.25) is 0 Å². The van der Waals surface area contributed by atoms with E-state index in [0.717, 1.165) is 23.7 Å². The average molecular weight is 181 g/mol. The molecule has 0 aromatic heterocycles. The summed E-state index contributed by atoms with van der Waals surface area (Å²) in [4.78, 5) is 0. The summed E-state index contributed by atoms with van der Waals surface area (Å²) in [6, 6.07) is 0.486. The zero-order valence-corrected chi connectivity index (χ0v) is 9.00. The van der Waals surface area contributed by atoms with Crippen LogP contribution in [0.1, 0.15) is 46.0 Å². The van der Waals surface area contributed by atoms with Crippen LogP contribution in [0.4, 0.5) is 0 Å². The maximum absolute atomic E-state index is 6.32. The Morgan fingerprint density at radius 2 is 2.08 bits per heavy atom. The van der Waals surface area contributed by atoms with E-state index >= 15 is 0 Å². The highest BCUT2D eigenvalue weighted by Gasteiger charge is 2.42. The zero-order chi connectivity index (χ0) is 9.42. The first-order chi connectivity index (χ1) is 6.22. The van der Waals surface area contributed by atoms with E-state index in [0.29, 0.717) is 6.04 Å². The molecule has 5 unspecified atom stereocenters. The van der Waals surface area contributed by atoms with Crippen molar-refractivity contribution < 1.29 is 0 Å². The summed E-state index contributed by atoms with van der Waals surface area (Å²) in [5, 5.41) is 0. The predicted molar refractivity (Wildman–Crippen MR) is 56.4 cm³/mol. The van der Waals surface area contributed by atoms with Gasteiger partial charge in [-0.3, -0.25) is 0 Å². The van der Waals surface area contributed by atoms with Crippen LogP contribution in [-0.4, -0.2) is 6.04 Å². The van der Waals surface area contributed by atoms with Gasteiger partial charge in [0, 0.05) is 6.04 Å². The van der Waals surface area contributed by atoms with Crippen molar-refractivity contribution in [3.63, 3.8) is 0 Å². The first-order valence-corrected chi connectivity index (χ1v) is 5.98. The fourth-order valence-corrected chi connectivity index (χ4v) is 3.46. The summed E-state index contributed by atoms with van der Waals surface area (Å²) in [5.74, 6) is 3.64. The Balaban J connectivity index is 1.94. The summed E-state index contributed by atoms with van der Waals surface area (Å²) >= 11 is 0. The lowest BCUT2D eigenvalue weighted by Crippen LogP contribution is -2.38.